The number of rotatable bonds is 6. The summed E-state index contributed by atoms with van der Waals surface area (Å²) in [7, 11) is -3.58. The second kappa shape index (κ2) is 8.35. The molecule has 7 heteroatoms. The molecule has 0 spiro atoms. The van der Waals surface area contributed by atoms with Gasteiger partial charge in [-0.1, -0.05) is 36.8 Å². The minimum atomic E-state index is -3.58. The summed E-state index contributed by atoms with van der Waals surface area (Å²) in [6.45, 7) is 6.72. The van der Waals surface area contributed by atoms with E-state index in [0.717, 1.165) is 16.7 Å². The molecule has 6 nitrogen and oxygen atoms in total. The normalized spacial score (nSPS) is 11.1. The third kappa shape index (κ3) is 4.95. The van der Waals surface area contributed by atoms with Gasteiger partial charge >= 0.3 is 5.97 Å². The highest BCUT2D eigenvalue weighted by Gasteiger charge is 2.22. The molecule has 0 bridgehead atoms. The molecule has 0 unspecified atom stereocenters. The van der Waals surface area contributed by atoms with Crippen LogP contribution in [0.1, 0.15) is 34.0 Å². The molecule has 1 N–H and O–H groups in total. The molecule has 2 aromatic rings. The van der Waals surface area contributed by atoms with E-state index in [4.69, 9.17) is 4.74 Å². The largest absolute Gasteiger partial charge is 0.452 e. The van der Waals surface area contributed by atoms with Crippen molar-refractivity contribution in [3.63, 3.8) is 0 Å². The highest BCUT2D eigenvalue weighted by atomic mass is 32.2. The maximum Gasteiger partial charge on any atom is 0.339 e. The molecule has 144 valence electrons. The molecular formula is C20H23NO5S. The number of amides is 1. The van der Waals surface area contributed by atoms with Gasteiger partial charge in [0, 0.05) is 5.69 Å². The molecule has 0 aromatic heterocycles. The Hall–Kier alpha value is -2.67. The molecule has 27 heavy (non-hydrogen) atoms. The molecule has 0 aliphatic heterocycles. The molecule has 0 atom stereocenters. The number of aryl methyl sites for hydroxylation is 3. The van der Waals surface area contributed by atoms with Gasteiger partial charge in [0.15, 0.2) is 16.4 Å². The third-order valence-electron chi connectivity index (χ3n) is 4.10. The van der Waals surface area contributed by atoms with Crippen molar-refractivity contribution in [3.8, 4) is 0 Å². The number of carbonyl (C=O) groups is 2. The monoisotopic (exact) mass is 389 g/mol. The lowest BCUT2D eigenvalue weighted by atomic mass is 10.1. The summed E-state index contributed by atoms with van der Waals surface area (Å²) >= 11 is 0. The van der Waals surface area contributed by atoms with Gasteiger partial charge in [-0.15, -0.1) is 0 Å². The van der Waals surface area contributed by atoms with E-state index in [2.05, 4.69) is 5.32 Å². The van der Waals surface area contributed by atoms with Crippen LogP contribution in [-0.2, 0) is 19.4 Å². The van der Waals surface area contributed by atoms with Gasteiger partial charge in [-0.25, -0.2) is 13.2 Å². The van der Waals surface area contributed by atoms with Crippen LogP contribution in [0.4, 0.5) is 5.69 Å². The summed E-state index contributed by atoms with van der Waals surface area (Å²) in [6, 6.07) is 9.70. The summed E-state index contributed by atoms with van der Waals surface area (Å²) in [6.07, 6.45) is 0. The summed E-state index contributed by atoms with van der Waals surface area (Å²) in [5.74, 6) is -1.48. The molecule has 0 heterocycles. The Morgan fingerprint density at radius 1 is 1.04 bits per heavy atom. The maximum atomic E-state index is 12.3. The van der Waals surface area contributed by atoms with Crippen LogP contribution in [0, 0.1) is 20.8 Å². The standard InChI is InChI=1S/C20H23NO5S/c1-5-27(24,25)17-9-7-6-8-16(17)20(23)26-12-18(22)21-19-14(3)10-13(2)11-15(19)4/h6-11H,5,12H2,1-4H3,(H,21,22). The fraction of sp³-hybridized carbons (Fsp3) is 0.300. The SMILES string of the molecule is CCS(=O)(=O)c1ccccc1C(=O)OCC(=O)Nc1c(C)cc(C)cc1C. The van der Waals surface area contributed by atoms with Gasteiger partial charge in [-0.3, -0.25) is 4.79 Å². The number of carbonyl (C=O) groups excluding carboxylic acids is 2. The van der Waals surface area contributed by atoms with Gasteiger partial charge in [-0.05, 0) is 44.0 Å². The van der Waals surface area contributed by atoms with Crippen molar-refractivity contribution in [1.82, 2.24) is 0 Å². The molecule has 0 aliphatic rings. The van der Waals surface area contributed by atoms with Crippen LogP contribution < -0.4 is 5.32 Å². The van der Waals surface area contributed by atoms with Gasteiger partial charge in [0.2, 0.25) is 0 Å². The molecule has 0 fully saturated rings. The minimum absolute atomic E-state index is 0.0742. The Morgan fingerprint density at radius 3 is 2.22 bits per heavy atom. The van der Waals surface area contributed by atoms with E-state index in [0.29, 0.717) is 5.69 Å². The Balaban J connectivity index is 2.10. The molecule has 2 rings (SSSR count). The Labute approximate surface area is 159 Å². The number of anilines is 1. The first-order valence-electron chi connectivity index (χ1n) is 8.52. The quantitative estimate of drug-likeness (QED) is 0.767. The van der Waals surface area contributed by atoms with Crippen molar-refractivity contribution in [2.24, 2.45) is 0 Å². The van der Waals surface area contributed by atoms with Crippen LogP contribution in [0.25, 0.3) is 0 Å². The predicted molar refractivity (Wildman–Crippen MR) is 104 cm³/mol. The lowest BCUT2D eigenvalue weighted by Gasteiger charge is -2.13. The van der Waals surface area contributed by atoms with Gasteiger partial charge in [0.1, 0.15) is 0 Å². The third-order valence-corrected chi connectivity index (χ3v) is 5.88. The number of hydrogen-bond donors (Lipinski definition) is 1. The number of nitrogens with one attached hydrogen (secondary N) is 1. The van der Waals surface area contributed by atoms with Crippen molar-refractivity contribution in [2.45, 2.75) is 32.6 Å². The van der Waals surface area contributed by atoms with Crippen LogP contribution in [0.3, 0.4) is 0 Å². The van der Waals surface area contributed by atoms with Crippen LogP contribution in [0.15, 0.2) is 41.3 Å². The van der Waals surface area contributed by atoms with E-state index in [1.807, 2.05) is 32.9 Å². The first kappa shape index (κ1) is 20.6. The summed E-state index contributed by atoms with van der Waals surface area (Å²) in [5.41, 5.74) is 3.51. The number of ether oxygens (including phenoxy) is 1. The number of hydrogen-bond acceptors (Lipinski definition) is 5. The molecule has 1 amide bonds. The number of esters is 1. The summed E-state index contributed by atoms with van der Waals surface area (Å²) in [4.78, 5) is 24.4. The lowest BCUT2D eigenvalue weighted by molar-refractivity contribution is -0.119. The first-order chi connectivity index (χ1) is 12.7. The van der Waals surface area contributed by atoms with Crippen molar-refractivity contribution >= 4 is 27.4 Å². The molecule has 2 aromatic carbocycles. The zero-order valence-corrected chi connectivity index (χ0v) is 16.6. The van der Waals surface area contributed by atoms with E-state index < -0.39 is 28.3 Å². The average Bonchev–Trinajstić information content (AvgIpc) is 2.62. The van der Waals surface area contributed by atoms with E-state index in [1.165, 1.54) is 25.1 Å². The topological polar surface area (TPSA) is 89.5 Å². The van der Waals surface area contributed by atoms with Crippen LogP contribution in [-0.4, -0.2) is 32.7 Å². The highest BCUT2D eigenvalue weighted by Crippen LogP contribution is 2.22. The van der Waals surface area contributed by atoms with Crippen molar-refractivity contribution in [3.05, 3.63) is 58.7 Å². The molecule has 0 radical (unpaired) electrons. The van der Waals surface area contributed by atoms with Gasteiger partial charge in [0.25, 0.3) is 5.91 Å². The van der Waals surface area contributed by atoms with E-state index >= 15 is 0 Å². The fourth-order valence-corrected chi connectivity index (χ4v) is 3.91. The number of sulfone groups is 1. The van der Waals surface area contributed by atoms with Crippen LogP contribution in [0.2, 0.25) is 0 Å². The van der Waals surface area contributed by atoms with E-state index in [9.17, 15) is 18.0 Å². The Morgan fingerprint density at radius 2 is 1.63 bits per heavy atom. The van der Waals surface area contributed by atoms with Crippen LogP contribution >= 0.6 is 0 Å². The smallest absolute Gasteiger partial charge is 0.339 e. The molecule has 0 aliphatic carbocycles. The minimum Gasteiger partial charge on any atom is -0.452 e. The van der Waals surface area contributed by atoms with Crippen LogP contribution in [0.5, 0.6) is 0 Å². The average molecular weight is 389 g/mol. The van der Waals surface area contributed by atoms with Gasteiger partial charge < -0.3 is 10.1 Å². The summed E-state index contributed by atoms with van der Waals surface area (Å²) in [5, 5.41) is 2.73. The van der Waals surface area contributed by atoms with Crippen molar-refractivity contribution in [1.29, 1.82) is 0 Å². The molecule has 0 saturated carbocycles. The maximum absolute atomic E-state index is 12.3. The molecule has 0 saturated heterocycles. The van der Waals surface area contributed by atoms with Crippen molar-refractivity contribution in [2.75, 3.05) is 17.7 Å². The van der Waals surface area contributed by atoms with Gasteiger partial charge in [-0.2, -0.15) is 0 Å². The zero-order valence-electron chi connectivity index (χ0n) is 15.8. The lowest BCUT2D eigenvalue weighted by Crippen LogP contribution is -2.22. The van der Waals surface area contributed by atoms with Gasteiger partial charge in [0.05, 0.1) is 16.2 Å². The molecular weight excluding hydrogens is 366 g/mol. The highest BCUT2D eigenvalue weighted by molar-refractivity contribution is 7.91. The number of benzene rings is 2. The van der Waals surface area contributed by atoms with Crippen molar-refractivity contribution < 1.29 is 22.7 Å². The Bertz CT molecular complexity index is 957. The summed E-state index contributed by atoms with van der Waals surface area (Å²) < 4.78 is 29.3. The van der Waals surface area contributed by atoms with E-state index in [-0.39, 0.29) is 16.2 Å². The Kier molecular flexibility index (Phi) is 6.38. The first-order valence-corrected chi connectivity index (χ1v) is 10.2. The van der Waals surface area contributed by atoms with E-state index in [1.54, 1.807) is 6.07 Å². The fourth-order valence-electron chi connectivity index (χ4n) is 2.82. The second-order valence-corrected chi connectivity index (χ2v) is 8.54. The second-order valence-electron chi connectivity index (χ2n) is 6.30. The predicted octanol–water partition coefficient (Wildman–Crippen LogP) is 3.20. The zero-order chi connectivity index (χ0) is 20.2.